The molecular formula is C23H32N2O4S. The van der Waals surface area contributed by atoms with E-state index in [0.717, 1.165) is 19.4 Å². The third-order valence-electron chi connectivity index (χ3n) is 7.23. The molecule has 6 nitrogen and oxygen atoms in total. The normalized spacial score (nSPS) is 26.2. The summed E-state index contributed by atoms with van der Waals surface area (Å²) in [5, 5.41) is 0. The molecule has 2 heterocycles. The predicted molar refractivity (Wildman–Crippen MR) is 115 cm³/mol. The summed E-state index contributed by atoms with van der Waals surface area (Å²) >= 11 is 0. The highest BCUT2D eigenvalue weighted by Gasteiger charge is 2.40. The Labute approximate surface area is 179 Å². The van der Waals surface area contributed by atoms with Gasteiger partial charge in [0, 0.05) is 37.2 Å². The fraction of sp³-hybridized carbons (Fsp3) is 0.652. The molecule has 2 unspecified atom stereocenters. The highest BCUT2D eigenvalue weighted by Crippen LogP contribution is 2.37. The Morgan fingerprint density at radius 1 is 0.867 bits per heavy atom. The van der Waals surface area contributed by atoms with Crippen molar-refractivity contribution >= 4 is 21.7 Å². The smallest absolute Gasteiger partial charge is 0.243 e. The average molecular weight is 433 g/mol. The molecule has 4 rings (SSSR count). The maximum absolute atomic E-state index is 13.3. The summed E-state index contributed by atoms with van der Waals surface area (Å²) < 4.78 is 27.4. The fourth-order valence-corrected chi connectivity index (χ4v) is 6.96. The molecule has 3 fully saturated rings. The standard InChI is InChI=1S/C23H32N2O4S/c1-17(26)18-8-10-21(11-9-18)30(28,29)24-15-12-20(13-16-24)23(27)25-14-4-6-19-5-2-3-7-22(19)25/h8-11,19-20,22H,2-7,12-16H2,1H3. The molecule has 1 aromatic rings. The van der Waals surface area contributed by atoms with Gasteiger partial charge in [-0.15, -0.1) is 0 Å². The number of ketones is 1. The number of hydrogen-bond donors (Lipinski definition) is 0. The molecule has 30 heavy (non-hydrogen) atoms. The number of sulfonamides is 1. The Morgan fingerprint density at radius 2 is 1.50 bits per heavy atom. The van der Waals surface area contributed by atoms with Crippen molar-refractivity contribution in [1.29, 1.82) is 0 Å². The van der Waals surface area contributed by atoms with Gasteiger partial charge in [0.05, 0.1) is 4.90 Å². The molecule has 164 valence electrons. The third-order valence-corrected chi connectivity index (χ3v) is 9.14. The summed E-state index contributed by atoms with van der Waals surface area (Å²) in [5.41, 5.74) is 0.501. The first-order valence-corrected chi connectivity index (χ1v) is 12.7. The lowest BCUT2D eigenvalue weighted by molar-refractivity contribution is -0.143. The zero-order valence-corrected chi connectivity index (χ0v) is 18.6. The van der Waals surface area contributed by atoms with E-state index in [1.54, 1.807) is 12.1 Å². The van der Waals surface area contributed by atoms with Gasteiger partial charge in [-0.1, -0.05) is 25.0 Å². The number of likely N-dealkylation sites (tertiary alicyclic amines) is 1. The monoisotopic (exact) mass is 432 g/mol. The van der Waals surface area contributed by atoms with E-state index in [2.05, 4.69) is 4.90 Å². The molecule has 1 aromatic carbocycles. The first kappa shape index (κ1) is 21.5. The van der Waals surface area contributed by atoms with Gasteiger partial charge in [0.25, 0.3) is 0 Å². The third kappa shape index (κ3) is 4.19. The number of carbonyl (C=O) groups is 2. The Kier molecular flexibility index (Phi) is 6.30. The molecule has 2 aliphatic heterocycles. The SMILES string of the molecule is CC(=O)c1ccc(S(=O)(=O)N2CCC(C(=O)N3CCCC4CCCCC43)CC2)cc1. The van der Waals surface area contributed by atoms with Crippen LogP contribution in [-0.2, 0) is 14.8 Å². The minimum Gasteiger partial charge on any atom is -0.339 e. The Bertz CT molecular complexity index is 886. The number of carbonyl (C=O) groups excluding carboxylic acids is 2. The number of Topliss-reactive ketones (excluding diaryl/α,β-unsaturated/α-hetero) is 1. The highest BCUT2D eigenvalue weighted by atomic mass is 32.2. The number of amides is 1. The molecule has 3 aliphatic rings. The summed E-state index contributed by atoms with van der Waals surface area (Å²) in [6.45, 7) is 3.06. The molecule has 1 amide bonds. The van der Waals surface area contributed by atoms with Crippen molar-refractivity contribution in [2.45, 2.75) is 69.2 Å². The van der Waals surface area contributed by atoms with Crippen LogP contribution in [0, 0.1) is 11.8 Å². The van der Waals surface area contributed by atoms with Gasteiger partial charge in [0.1, 0.15) is 0 Å². The van der Waals surface area contributed by atoms with Crippen molar-refractivity contribution in [3.63, 3.8) is 0 Å². The van der Waals surface area contributed by atoms with Crippen molar-refractivity contribution in [2.75, 3.05) is 19.6 Å². The van der Waals surface area contributed by atoms with E-state index in [1.165, 1.54) is 49.0 Å². The number of benzene rings is 1. The Hall–Kier alpha value is -1.73. The fourth-order valence-electron chi connectivity index (χ4n) is 5.49. The van der Waals surface area contributed by atoms with E-state index in [0.29, 0.717) is 43.5 Å². The Balaban J connectivity index is 1.39. The quantitative estimate of drug-likeness (QED) is 0.683. The largest absolute Gasteiger partial charge is 0.339 e. The number of rotatable bonds is 4. The van der Waals surface area contributed by atoms with Crippen molar-refractivity contribution in [3.05, 3.63) is 29.8 Å². The van der Waals surface area contributed by atoms with Crippen LogP contribution in [0.2, 0.25) is 0 Å². The van der Waals surface area contributed by atoms with Crippen LogP contribution in [0.4, 0.5) is 0 Å². The van der Waals surface area contributed by atoms with Gasteiger partial charge in [0.15, 0.2) is 5.78 Å². The molecule has 1 aliphatic carbocycles. The van der Waals surface area contributed by atoms with Gasteiger partial charge < -0.3 is 4.90 Å². The maximum Gasteiger partial charge on any atom is 0.243 e. The first-order chi connectivity index (χ1) is 14.4. The van der Waals surface area contributed by atoms with Gasteiger partial charge in [-0.3, -0.25) is 9.59 Å². The zero-order valence-electron chi connectivity index (χ0n) is 17.8. The summed E-state index contributed by atoms with van der Waals surface area (Å²) in [4.78, 5) is 27.0. The minimum absolute atomic E-state index is 0.0720. The van der Waals surface area contributed by atoms with E-state index in [4.69, 9.17) is 0 Å². The minimum atomic E-state index is -3.60. The molecule has 2 saturated heterocycles. The van der Waals surface area contributed by atoms with E-state index in [1.807, 2.05) is 0 Å². The molecule has 2 atom stereocenters. The summed E-state index contributed by atoms with van der Waals surface area (Å²) in [6.07, 6.45) is 8.36. The molecule has 1 saturated carbocycles. The van der Waals surface area contributed by atoms with Crippen molar-refractivity contribution in [3.8, 4) is 0 Å². The first-order valence-electron chi connectivity index (χ1n) is 11.3. The number of fused-ring (bicyclic) bond motifs is 1. The van der Waals surface area contributed by atoms with Crippen LogP contribution in [0.1, 0.15) is 68.6 Å². The molecule has 0 bridgehead atoms. The summed E-state index contributed by atoms with van der Waals surface area (Å²) in [6, 6.07) is 6.52. The molecule has 0 radical (unpaired) electrons. The van der Waals surface area contributed by atoms with Crippen molar-refractivity contribution < 1.29 is 18.0 Å². The summed E-state index contributed by atoms with van der Waals surface area (Å²) in [5.74, 6) is 0.748. The Morgan fingerprint density at radius 3 is 2.17 bits per heavy atom. The average Bonchev–Trinajstić information content (AvgIpc) is 2.78. The van der Waals surface area contributed by atoms with Crippen LogP contribution < -0.4 is 0 Å². The maximum atomic E-state index is 13.3. The van der Waals surface area contributed by atoms with Crippen LogP contribution >= 0.6 is 0 Å². The second-order valence-corrected chi connectivity index (χ2v) is 11.0. The molecule has 0 aromatic heterocycles. The van der Waals surface area contributed by atoms with Crippen LogP contribution in [0.25, 0.3) is 0 Å². The topological polar surface area (TPSA) is 74.8 Å². The van der Waals surface area contributed by atoms with Gasteiger partial charge in [-0.25, -0.2) is 8.42 Å². The lowest BCUT2D eigenvalue weighted by atomic mass is 9.77. The summed E-state index contributed by atoms with van der Waals surface area (Å²) in [7, 11) is -3.60. The van der Waals surface area contributed by atoms with Gasteiger partial charge >= 0.3 is 0 Å². The van der Waals surface area contributed by atoms with Crippen LogP contribution in [-0.4, -0.2) is 55.0 Å². The van der Waals surface area contributed by atoms with Crippen LogP contribution in [0.5, 0.6) is 0 Å². The number of piperidine rings is 2. The van der Waals surface area contributed by atoms with E-state index < -0.39 is 10.0 Å². The van der Waals surface area contributed by atoms with Crippen molar-refractivity contribution in [2.24, 2.45) is 11.8 Å². The molecular weight excluding hydrogens is 400 g/mol. The van der Waals surface area contributed by atoms with Crippen LogP contribution in [0.3, 0.4) is 0 Å². The second kappa shape index (κ2) is 8.79. The van der Waals surface area contributed by atoms with Gasteiger partial charge in [-0.2, -0.15) is 4.31 Å². The lowest BCUT2D eigenvalue weighted by Gasteiger charge is -2.46. The highest BCUT2D eigenvalue weighted by molar-refractivity contribution is 7.89. The van der Waals surface area contributed by atoms with E-state index in [9.17, 15) is 18.0 Å². The van der Waals surface area contributed by atoms with Gasteiger partial charge in [-0.05, 0) is 63.5 Å². The second-order valence-electron chi connectivity index (χ2n) is 9.04. The van der Waals surface area contributed by atoms with E-state index >= 15 is 0 Å². The lowest BCUT2D eigenvalue weighted by Crippen LogP contribution is -2.53. The zero-order chi connectivity index (χ0) is 21.3. The molecule has 0 N–H and O–H groups in total. The predicted octanol–water partition coefficient (Wildman–Crippen LogP) is 3.47. The number of nitrogens with zero attached hydrogens (tertiary/aromatic N) is 2. The molecule has 7 heteroatoms. The van der Waals surface area contributed by atoms with Crippen LogP contribution in [0.15, 0.2) is 29.2 Å². The van der Waals surface area contributed by atoms with Crippen molar-refractivity contribution in [1.82, 2.24) is 9.21 Å². The van der Waals surface area contributed by atoms with E-state index in [-0.39, 0.29) is 22.5 Å². The molecule has 0 spiro atoms. The van der Waals surface area contributed by atoms with Gasteiger partial charge in [0.2, 0.25) is 15.9 Å². The number of hydrogen-bond acceptors (Lipinski definition) is 4.